The maximum Gasteiger partial charge on any atom is 0.228 e. The molecule has 0 aliphatic heterocycles. The van der Waals surface area contributed by atoms with E-state index in [4.69, 9.17) is 4.42 Å². The van der Waals surface area contributed by atoms with Gasteiger partial charge in [0.1, 0.15) is 0 Å². The molecule has 2 aromatic rings. The zero-order chi connectivity index (χ0) is 14.9. The van der Waals surface area contributed by atoms with Gasteiger partial charge in [0.15, 0.2) is 5.76 Å². The highest BCUT2D eigenvalue weighted by Crippen LogP contribution is 2.27. The number of hydrogen-bond acceptors (Lipinski definition) is 2. The van der Waals surface area contributed by atoms with E-state index in [-0.39, 0.29) is 5.78 Å². The van der Waals surface area contributed by atoms with Gasteiger partial charge in [-0.3, -0.25) is 4.79 Å². The number of hydrogen-bond donors (Lipinski definition) is 0. The van der Waals surface area contributed by atoms with Crippen LogP contribution >= 0.6 is 0 Å². The second-order valence-electron chi connectivity index (χ2n) is 5.92. The van der Waals surface area contributed by atoms with E-state index in [0.29, 0.717) is 17.6 Å². The van der Waals surface area contributed by atoms with Crippen molar-refractivity contribution in [2.45, 2.75) is 46.5 Å². The van der Waals surface area contributed by atoms with Crippen molar-refractivity contribution in [1.29, 1.82) is 0 Å². The summed E-state index contributed by atoms with van der Waals surface area (Å²) in [6.07, 6.45) is 1.57. The molecule has 106 valence electrons. The second kappa shape index (κ2) is 5.66. The Bertz CT molecular complexity index is 618. The molecule has 0 amide bonds. The lowest BCUT2D eigenvalue weighted by atomic mass is 9.89. The van der Waals surface area contributed by atoms with Gasteiger partial charge < -0.3 is 4.42 Å². The van der Waals surface area contributed by atoms with Crippen LogP contribution in [0.5, 0.6) is 0 Å². The first kappa shape index (κ1) is 14.6. The third-order valence-corrected chi connectivity index (χ3v) is 3.68. The fourth-order valence-corrected chi connectivity index (χ4v) is 2.35. The monoisotopic (exact) mass is 270 g/mol. The van der Waals surface area contributed by atoms with Crippen molar-refractivity contribution in [2.75, 3.05) is 0 Å². The summed E-state index contributed by atoms with van der Waals surface area (Å²) in [6.45, 7) is 10.5. The smallest absolute Gasteiger partial charge is 0.228 e. The summed E-state index contributed by atoms with van der Waals surface area (Å²) in [5.74, 6) is 1.20. The van der Waals surface area contributed by atoms with Crippen LogP contribution in [-0.2, 0) is 0 Å². The highest BCUT2D eigenvalue weighted by atomic mass is 16.3. The summed E-state index contributed by atoms with van der Waals surface area (Å²) in [5, 5.41) is 0. The molecule has 0 bridgehead atoms. The highest BCUT2D eigenvalue weighted by Gasteiger charge is 2.20. The molecule has 1 aromatic heterocycles. The lowest BCUT2D eigenvalue weighted by Crippen LogP contribution is -2.08. The van der Waals surface area contributed by atoms with Crippen LogP contribution in [0.15, 0.2) is 34.9 Å². The van der Waals surface area contributed by atoms with Crippen molar-refractivity contribution in [3.63, 3.8) is 0 Å². The zero-order valence-corrected chi connectivity index (χ0v) is 12.9. The van der Waals surface area contributed by atoms with Crippen LogP contribution in [0.2, 0.25) is 0 Å². The van der Waals surface area contributed by atoms with Gasteiger partial charge in [-0.1, -0.05) is 45.9 Å². The fraction of sp³-hybridized carbons (Fsp3) is 0.389. The van der Waals surface area contributed by atoms with Crippen LogP contribution in [0.4, 0.5) is 0 Å². The summed E-state index contributed by atoms with van der Waals surface area (Å²) >= 11 is 0. The first-order chi connectivity index (χ1) is 9.41. The Kier molecular flexibility index (Phi) is 4.12. The Morgan fingerprint density at radius 3 is 2.25 bits per heavy atom. The van der Waals surface area contributed by atoms with E-state index in [1.165, 1.54) is 5.56 Å². The van der Waals surface area contributed by atoms with Gasteiger partial charge in [0.2, 0.25) is 5.78 Å². The molecule has 1 heterocycles. The van der Waals surface area contributed by atoms with Crippen molar-refractivity contribution in [2.24, 2.45) is 0 Å². The lowest BCUT2D eigenvalue weighted by molar-refractivity contribution is 0.101. The van der Waals surface area contributed by atoms with Crippen molar-refractivity contribution in [3.05, 3.63) is 58.5 Å². The molecular formula is C18H22O2. The van der Waals surface area contributed by atoms with Crippen molar-refractivity contribution in [1.82, 2.24) is 0 Å². The predicted molar refractivity (Wildman–Crippen MR) is 81.5 cm³/mol. The van der Waals surface area contributed by atoms with E-state index in [1.54, 1.807) is 6.26 Å². The first-order valence-electron chi connectivity index (χ1n) is 7.14. The van der Waals surface area contributed by atoms with E-state index in [0.717, 1.165) is 16.7 Å². The van der Waals surface area contributed by atoms with Crippen LogP contribution in [0.25, 0.3) is 0 Å². The first-order valence-corrected chi connectivity index (χ1v) is 7.14. The van der Waals surface area contributed by atoms with Crippen LogP contribution in [0.1, 0.15) is 72.3 Å². The molecule has 0 aliphatic rings. The van der Waals surface area contributed by atoms with Crippen LogP contribution < -0.4 is 0 Å². The Balaban J connectivity index is 2.51. The van der Waals surface area contributed by atoms with Crippen LogP contribution in [-0.4, -0.2) is 5.78 Å². The summed E-state index contributed by atoms with van der Waals surface area (Å²) < 4.78 is 5.34. The molecule has 0 unspecified atom stereocenters. The summed E-state index contributed by atoms with van der Waals surface area (Å²) in [5.41, 5.74) is 4.00. The molecule has 0 spiro atoms. The Morgan fingerprint density at radius 1 is 1.05 bits per heavy atom. The lowest BCUT2D eigenvalue weighted by Gasteiger charge is -2.15. The van der Waals surface area contributed by atoms with E-state index >= 15 is 0 Å². The average molecular weight is 270 g/mol. The van der Waals surface area contributed by atoms with Gasteiger partial charge in [-0.15, -0.1) is 0 Å². The highest BCUT2D eigenvalue weighted by molar-refractivity contribution is 6.09. The van der Waals surface area contributed by atoms with Gasteiger partial charge in [-0.05, 0) is 41.5 Å². The summed E-state index contributed by atoms with van der Waals surface area (Å²) in [4.78, 5) is 12.6. The Morgan fingerprint density at radius 2 is 1.75 bits per heavy atom. The molecule has 0 fully saturated rings. The van der Waals surface area contributed by atoms with E-state index in [1.807, 2.05) is 25.1 Å². The van der Waals surface area contributed by atoms with Gasteiger partial charge in [0, 0.05) is 5.56 Å². The van der Waals surface area contributed by atoms with E-state index in [2.05, 4.69) is 33.8 Å². The van der Waals surface area contributed by atoms with Crippen molar-refractivity contribution in [3.8, 4) is 0 Å². The molecule has 2 heteroatoms. The van der Waals surface area contributed by atoms with Crippen molar-refractivity contribution < 1.29 is 9.21 Å². The predicted octanol–water partition coefficient (Wildman–Crippen LogP) is 5.07. The number of furan rings is 1. The van der Waals surface area contributed by atoms with Crippen LogP contribution in [0, 0.1) is 6.92 Å². The molecule has 0 N–H and O–H groups in total. The Hall–Kier alpha value is -1.83. The summed E-state index contributed by atoms with van der Waals surface area (Å²) in [6, 6.07) is 7.96. The van der Waals surface area contributed by atoms with Gasteiger partial charge >= 0.3 is 0 Å². The molecular weight excluding hydrogens is 248 g/mol. The molecule has 0 saturated heterocycles. The maximum absolute atomic E-state index is 12.6. The van der Waals surface area contributed by atoms with Gasteiger partial charge in [0.05, 0.1) is 6.26 Å². The van der Waals surface area contributed by atoms with Gasteiger partial charge in [0.25, 0.3) is 0 Å². The summed E-state index contributed by atoms with van der Waals surface area (Å²) in [7, 11) is 0. The molecule has 0 atom stereocenters. The minimum Gasteiger partial charge on any atom is -0.461 e. The molecule has 0 radical (unpaired) electrons. The molecule has 20 heavy (non-hydrogen) atoms. The third kappa shape index (κ3) is 2.69. The van der Waals surface area contributed by atoms with Gasteiger partial charge in [-0.25, -0.2) is 0 Å². The number of aryl methyl sites for hydroxylation is 1. The van der Waals surface area contributed by atoms with E-state index in [9.17, 15) is 4.79 Å². The molecule has 1 aromatic carbocycles. The van der Waals surface area contributed by atoms with E-state index < -0.39 is 0 Å². The molecule has 2 nitrogen and oxygen atoms in total. The fourth-order valence-electron chi connectivity index (χ4n) is 2.35. The average Bonchev–Trinajstić information content (AvgIpc) is 2.83. The zero-order valence-electron chi connectivity index (χ0n) is 12.9. The number of benzene rings is 1. The minimum atomic E-state index is -0.0218. The number of rotatable bonds is 4. The molecule has 0 aliphatic carbocycles. The molecule has 2 rings (SSSR count). The SMILES string of the molecule is Cc1ccoc1C(=O)c1ccc(C(C)C)cc1C(C)C. The minimum absolute atomic E-state index is 0.0218. The van der Waals surface area contributed by atoms with Gasteiger partial charge in [-0.2, -0.15) is 0 Å². The largest absolute Gasteiger partial charge is 0.461 e. The number of ketones is 1. The quantitative estimate of drug-likeness (QED) is 0.726. The maximum atomic E-state index is 12.6. The Labute approximate surface area is 120 Å². The topological polar surface area (TPSA) is 30.2 Å². The molecule has 0 saturated carbocycles. The van der Waals surface area contributed by atoms with Crippen LogP contribution in [0.3, 0.4) is 0 Å². The number of carbonyl (C=O) groups is 1. The van der Waals surface area contributed by atoms with Crippen molar-refractivity contribution >= 4 is 5.78 Å². The second-order valence-corrected chi connectivity index (χ2v) is 5.92. The number of carbonyl (C=O) groups excluding carboxylic acids is 1. The normalized spacial score (nSPS) is 11.3. The third-order valence-electron chi connectivity index (χ3n) is 3.68. The standard InChI is InChI=1S/C18H22O2/c1-11(2)14-6-7-15(16(10-14)12(3)4)17(19)18-13(5)8-9-20-18/h6-12H,1-5H3.